The number of benzene rings is 2. The van der Waals surface area contributed by atoms with Gasteiger partial charge in [0.1, 0.15) is 24.0 Å². The van der Waals surface area contributed by atoms with E-state index in [1.165, 1.54) is 12.1 Å². The van der Waals surface area contributed by atoms with Gasteiger partial charge in [0.15, 0.2) is 0 Å². The Hall–Kier alpha value is -2.47. The van der Waals surface area contributed by atoms with Crippen molar-refractivity contribution in [1.82, 2.24) is 5.32 Å². The van der Waals surface area contributed by atoms with Gasteiger partial charge < -0.3 is 15.8 Å². The Labute approximate surface area is 138 Å². The second-order valence-electron chi connectivity index (χ2n) is 5.93. The minimum absolute atomic E-state index is 0.0975. The highest BCUT2D eigenvalue weighted by Gasteiger charge is 2.37. The molecule has 0 aromatic heterocycles. The first-order valence-corrected chi connectivity index (χ1v) is 7.70. The number of primary amides is 1. The van der Waals surface area contributed by atoms with Gasteiger partial charge in [0, 0.05) is 18.0 Å². The molecule has 0 radical (unpaired) electrons. The van der Waals surface area contributed by atoms with Gasteiger partial charge in [-0.3, -0.25) is 4.79 Å². The van der Waals surface area contributed by atoms with Crippen LogP contribution in [0, 0.1) is 11.6 Å². The fraction of sp³-hybridized carbons (Fsp3) is 0.278. The van der Waals surface area contributed by atoms with E-state index in [-0.39, 0.29) is 25.1 Å². The van der Waals surface area contributed by atoms with E-state index in [4.69, 9.17) is 10.5 Å². The standard InChI is InChI=1S/C18H18F2N2O2/c19-13-5-11(6-14(20)7-13)10-24-15-3-1-12(2-4-15)16-8-17(16)22-9-18(21)23/h1-7,16-17,22H,8-10H2,(H2,21,23)/t16?,17-/m0/s1. The van der Waals surface area contributed by atoms with Gasteiger partial charge in [0.25, 0.3) is 0 Å². The van der Waals surface area contributed by atoms with Crippen LogP contribution in [0.25, 0.3) is 0 Å². The summed E-state index contributed by atoms with van der Waals surface area (Å²) in [6.45, 7) is 0.285. The number of nitrogens with one attached hydrogen (secondary N) is 1. The van der Waals surface area contributed by atoms with Gasteiger partial charge in [0.2, 0.25) is 5.91 Å². The maximum atomic E-state index is 13.1. The first-order valence-electron chi connectivity index (χ1n) is 7.70. The summed E-state index contributed by atoms with van der Waals surface area (Å²) in [4.78, 5) is 10.7. The van der Waals surface area contributed by atoms with Gasteiger partial charge in [0.05, 0.1) is 6.54 Å². The molecule has 0 heterocycles. The van der Waals surface area contributed by atoms with Crippen LogP contribution in [0.2, 0.25) is 0 Å². The number of carbonyl (C=O) groups excluding carboxylic acids is 1. The summed E-state index contributed by atoms with van der Waals surface area (Å²) < 4.78 is 31.8. The van der Waals surface area contributed by atoms with E-state index in [1.807, 2.05) is 24.3 Å². The van der Waals surface area contributed by atoms with Crippen LogP contribution in [0.1, 0.15) is 23.5 Å². The fourth-order valence-corrected chi connectivity index (χ4v) is 2.69. The molecule has 1 aliphatic rings. The van der Waals surface area contributed by atoms with Crippen molar-refractivity contribution in [3.05, 3.63) is 65.2 Å². The molecule has 1 aliphatic carbocycles. The van der Waals surface area contributed by atoms with Crippen molar-refractivity contribution in [2.45, 2.75) is 25.0 Å². The first kappa shape index (κ1) is 16.4. The zero-order chi connectivity index (χ0) is 17.1. The highest BCUT2D eigenvalue weighted by molar-refractivity contribution is 5.76. The minimum Gasteiger partial charge on any atom is -0.489 e. The van der Waals surface area contributed by atoms with Gasteiger partial charge >= 0.3 is 0 Å². The lowest BCUT2D eigenvalue weighted by atomic mass is 10.1. The molecule has 1 amide bonds. The van der Waals surface area contributed by atoms with E-state index >= 15 is 0 Å². The molecular weight excluding hydrogens is 314 g/mol. The summed E-state index contributed by atoms with van der Waals surface area (Å²) in [5.41, 5.74) is 6.70. The average molecular weight is 332 g/mol. The Balaban J connectivity index is 1.53. The van der Waals surface area contributed by atoms with E-state index in [2.05, 4.69) is 5.32 Å². The third-order valence-electron chi connectivity index (χ3n) is 3.97. The van der Waals surface area contributed by atoms with Crippen LogP contribution in [-0.4, -0.2) is 18.5 Å². The van der Waals surface area contributed by atoms with Crippen molar-refractivity contribution < 1.29 is 18.3 Å². The highest BCUT2D eigenvalue weighted by Crippen LogP contribution is 2.41. The smallest absolute Gasteiger partial charge is 0.231 e. The Bertz CT molecular complexity index is 714. The molecule has 2 atom stereocenters. The molecule has 0 aliphatic heterocycles. The summed E-state index contributed by atoms with van der Waals surface area (Å²) in [6.07, 6.45) is 0.968. The van der Waals surface area contributed by atoms with E-state index in [0.717, 1.165) is 18.1 Å². The molecule has 24 heavy (non-hydrogen) atoms. The van der Waals surface area contributed by atoms with Crippen LogP contribution >= 0.6 is 0 Å². The van der Waals surface area contributed by atoms with E-state index in [1.54, 1.807) is 0 Å². The summed E-state index contributed by atoms with van der Waals surface area (Å²) in [5.74, 6) is -0.598. The second kappa shape index (κ2) is 6.97. The van der Waals surface area contributed by atoms with Crippen LogP contribution in [-0.2, 0) is 11.4 Å². The molecule has 0 spiro atoms. The first-order chi connectivity index (χ1) is 11.5. The number of hydrogen-bond acceptors (Lipinski definition) is 3. The van der Waals surface area contributed by atoms with Crippen LogP contribution in [0.15, 0.2) is 42.5 Å². The maximum Gasteiger partial charge on any atom is 0.231 e. The maximum absolute atomic E-state index is 13.1. The van der Waals surface area contributed by atoms with E-state index < -0.39 is 11.6 Å². The lowest BCUT2D eigenvalue weighted by molar-refractivity contribution is -0.117. The minimum atomic E-state index is -0.618. The lowest BCUT2D eigenvalue weighted by Crippen LogP contribution is -2.30. The number of carbonyl (C=O) groups is 1. The summed E-state index contributed by atoms with van der Waals surface area (Å²) >= 11 is 0. The normalized spacial score (nSPS) is 19.1. The Morgan fingerprint density at radius 2 is 1.83 bits per heavy atom. The zero-order valence-electron chi connectivity index (χ0n) is 13.0. The quantitative estimate of drug-likeness (QED) is 0.819. The summed E-state index contributed by atoms with van der Waals surface area (Å²) in [5, 5.41) is 3.10. The van der Waals surface area contributed by atoms with Gasteiger partial charge in [-0.25, -0.2) is 8.78 Å². The Kier molecular flexibility index (Phi) is 4.76. The van der Waals surface area contributed by atoms with Crippen molar-refractivity contribution in [2.75, 3.05) is 6.54 Å². The van der Waals surface area contributed by atoms with Crippen LogP contribution in [0.4, 0.5) is 8.78 Å². The largest absolute Gasteiger partial charge is 0.489 e. The SMILES string of the molecule is NC(=O)CN[C@H]1CC1c1ccc(OCc2cc(F)cc(F)c2)cc1. The monoisotopic (exact) mass is 332 g/mol. The molecule has 126 valence electrons. The molecule has 3 N–H and O–H groups in total. The van der Waals surface area contributed by atoms with E-state index in [0.29, 0.717) is 17.2 Å². The molecule has 4 nitrogen and oxygen atoms in total. The lowest BCUT2D eigenvalue weighted by Gasteiger charge is -2.08. The topological polar surface area (TPSA) is 64.4 Å². The van der Waals surface area contributed by atoms with Gasteiger partial charge in [-0.15, -0.1) is 0 Å². The number of halogens is 2. The van der Waals surface area contributed by atoms with Crippen molar-refractivity contribution in [2.24, 2.45) is 5.73 Å². The van der Waals surface area contributed by atoms with Crippen molar-refractivity contribution >= 4 is 5.91 Å². The zero-order valence-corrected chi connectivity index (χ0v) is 13.0. The number of hydrogen-bond donors (Lipinski definition) is 2. The summed E-state index contributed by atoms with van der Waals surface area (Å²) in [6, 6.07) is 11.2. The molecule has 1 fully saturated rings. The molecule has 0 saturated heterocycles. The number of rotatable bonds is 7. The van der Waals surface area contributed by atoms with Gasteiger partial charge in [-0.1, -0.05) is 12.1 Å². The van der Waals surface area contributed by atoms with Crippen molar-refractivity contribution in [1.29, 1.82) is 0 Å². The number of nitrogens with two attached hydrogens (primary N) is 1. The fourth-order valence-electron chi connectivity index (χ4n) is 2.69. The predicted octanol–water partition coefficient (Wildman–Crippen LogP) is 2.47. The van der Waals surface area contributed by atoms with E-state index in [9.17, 15) is 13.6 Å². The molecule has 3 rings (SSSR count). The van der Waals surface area contributed by atoms with Crippen molar-refractivity contribution in [3.8, 4) is 5.75 Å². The van der Waals surface area contributed by atoms with Gasteiger partial charge in [-0.05, 0) is 41.8 Å². The average Bonchev–Trinajstić information content (AvgIpc) is 3.30. The highest BCUT2D eigenvalue weighted by atomic mass is 19.1. The number of ether oxygens (including phenoxy) is 1. The molecule has 6 heteroatoms. The summed E-state index contributed by atoms with van der Waals surface area (Å²) in [7, 11) is 0. The van der Waals surface area contributed by atoms with Crippen molar-refractivity contribution in [3.63, 3.8) is 0 Å². The predicted molar refractivity (Wildman–Crippen MR) is 85.5 cm³/mol. The van der Waals surface area contributed by atoms with Crippen LogP contribution in [0.3, 0.4) is 0 Å². The third kappa shape index (κ3) is 4.29. The molecule has 1 unspecified atom stereocenters. The van der Waals surface area contributed by atoms with Crippen LogP contribution in [0.5, 0.6) is 5.75 Å². The third-order valence-corrected chi connectivity index (χ3v) is 3.97. The Morgan fingerprint density at radius 3 is 2.46 bits per heavy atom. The van der Waals surface area contributed by atoms with Gasteiger partial charge in [-0.2, -0.15) is 0 Å². The number of amides is 1. The van der Waals surface area contributed by atoms with Crippen LogP contribution < -0.4 is 15.8 Å². The molecule has 1 saturated carbocycles. The molecular formula is C18H18F2N2O2. The molecule has 2 aromatic carbocycles. The second-order valence-corrected chi connectivity index (χ2v) is 5.93. The molecule has 2 aromatic rings. The molecule has 0 bridgehead atoms. The Morgan fingerprint density at radius 1 is 1.17 bits per heavy atom.